The van der Waals surface area contributed by atoms with E-state index in [1.54, 1.807) is 0 Å². The molecule has 0 spiro atoms. The number of hydrogen-bond acceptors (Lipinski definition) is 2. The molecule has 0 aromatic rings. The zero-order valence-corrected chi connectivity index (χ0v) is 8.06. The number of halogens is 1. The van der Waals surface area contributed by atoms with Gasteiger partial charge in [-0.1, -0.05) is 15.9 Å². The van der Waals surface area contributed by atoms with Gasteiger partial charge in [0, 0.05) is 0 Å². The summed E-state index contributed by atoms with van der Waals surface area (Å²) >= 11 is 3.60. The standard InChI is InChI=1S/C8H11BrO2/c1-8(9)3-2-5-4-6(8)11-7(5)10/h5-6H,2-4H2,1H3/t5-,6-,8-/m0/s1. The molecule has 1 saturated heterocycles. The van der Waals surface area contributed by atoms with E-state index in [2.05, 4.69) is 22.9 Å². The highest BCUT2D eigenvalue weighted by Gasteiger charge is 2.48. The Morgan fingerprint density at radius 3 is 3.09 bits per heavy atom. The minimum absolute atomic E-state index is 0.0122. The lowest BCUT2D eigenvalue weighted by Gasteiger charge is -2.30. The first kappa shape index (κ1) is 7.59. The monoisotopic (exact) mass is 218 g/mol. The van der Waals surface area contributed by atoms with E-state index in [0.717, 1.165) is 19.3 Å². The van der Waals surface area contributed by atoms with Gasteiger partial charge in [-0.3, -0.25) is 4.79 Å². The Morgan fingerprint density at radius 1 is 1.73 bits per heavy atom. The number of esters is 1. The lowest BCUT2D eigenvalue weighted by Crippen LogP contribution is -2.35. The summed E-state index contributed by atoms with van der Waals surface area (Å²) in [6, 6.07) is 0. The second kappa shape index (κ2) is 2.22. The van der Waals surface area contributed by atoms with Gasteiger partial charge in [0.25, 0.3) is 0 Å². The molecule has 2 fully saturated rings. The van der Waals surface area contributed by atoms with Crippen molar-refractivity contribution in [3.05, 3.63) is 0 Å². The summed E-state index contributed by atoms with van der Waals surface area (Å²) in [4.78, 5) is 11.1. The van der Waals surface area contributed by atoms with E-state index >= 15 is 0 Å². The lowest BCUT2D eigenvalue weighted by molar-refractivity contribution is -0.143. The molecule has 0 aromatic carbocycles. The number of carbonyl (C=O) groups excluding carboxylic acids is 1. The molecule has 62 valence electrons. The van der Waals surface area contributed by atoms with E-state index in [4.69, 9.17) is 4.74 Å². The number of carbonyl (C=O) groups is 1. The van der Waals surface area contributed by atoms with E-state index in [1.807, 2.05) is 0 Å². The molecular weight excluding hydrogens is 208 g/mol. The van der Waals surface area contributed by atoms with Gasteiger partial charge in [-0.15, -0.1) is 0 Å². The summed E-state index contributed by atoms with van der Waals surface area (Å²) in [6.07, 6.45) is 3.07. The predicted octanol–water partition coefficient (Wildman–Crippen LogP) is 1.87. The van der Waals surface area contributed by atoms with Crippen molar-refractivity contribution in [1.82, 2.24) is 0 Å². The van der Waals surface area contributed by atoms with Crippen molar-refractivity contribution in [3.63, 3.8) is 0 Å². The Hall–Kier alpha value is -0.0500. The fraction of sp³-hybridized carbons (Fsp3) is 0.875. The first-order chi connectivity index (χ1) is 5.09. The first-order valence-corrected chi connectivity index (χ1v) is 4.78. The molecule has 2 rings (SSSR count). The average Bonchev–Trinajstić information content (AvgIpc) is 2.23. The molecule has 0 N–H and O–H groups in total. The molecule has 2 nitrogen and oxygen atoms in total. The highest BCUT2D eigenvalue weighted by Crippen LogP contribution is 2.44. The second-order valence-electron chi connectivity index (χ2n) is 3.67. The van der Waals surface area contributed by atoms with E-state index in [1.165, 1.54) is 0 Å². The highest BCUT2D eigenvalue weighted by molar-refractivity contribution is 9.10. The fourth-order valence-corrected chi connectivity index (χ4v) is 2.37. The third-order valence-electron chi connectivity index (χ3n) is 2.74. The van der Waals surface area contributed by atoms with Gasteiger partial charge in [0.05, 0.1) is 10.2 Å². The molecule has 3 heteroatoms. The van der Waals surface area contributed by atoms with Crippen LogP contribution in [0.25, 0.3) is 0 Å². The quantitative estimate of drug-likeness (QED) is 0.459. The Balaban J connectivity index is 2.21. The molecule has 2 bridgehead atoms. The molecule has 1 aliphatic heterocycles. The molecule has 2 aliphatic rings. The van der Waals surface area contributed by atoms with Gasteiger partial charge in [0.2, 0.25) is 0 Å². The summed E-state index contributed by atoms with van der Waals surface area (Å²) in [7, 11) is 0. The molecule has 0 unspecified atom stereocenters. The average molecular weight is 219 g/mol. The fourth-order valence-electron chi connectivity index (χ4n) is 1.86. The lowest BCUT2D eigenvalue weighted by atomic mass is 9.83. The van der Waals surface area contributed by atoms with Crippen LogP contribution in [0.4, 0.5) is 0 Å². The van der Waals surface area contributed by atoms with Gasteiger partial charge < -0.3 is 4.74 Å². The molecule has 1 saturated carbocycles. The Bertz CT molecular complexity index is 200. The van der Waals surface area contributed by atoms with Crippen molar-refractivity contribution in [2.24, 2.45) is 5.92 Å². The van der Waals surface area contributed by atoms with Gasteiger partial charge in [-0.05, 0) is 26.2 Å². The molecule has 1 heterocycles. The summed E-state index contributed by atoms with van der Waals surface area (Å²) in [5.74, 6) is 0.212. The summed E-state index contributed by atoms with van der Waals surface area (Å²) in [5, 5.41) is 0. The van der Waals surface area contributed by atoms with Gasteiger partial charge >= 0.3 is 5.97 Å². The number of alkyl halides is 1. The number of fused-ring (bicyclic) bond motifs is 2. The molecule has 0 radical (unpaired) electrons. The summed E-state index contributed by atoms with van der Waals surface area (Å²) in [5.41, 5.74) is 0. The maximum absolute atomic E-state index is 11.1. The largest absolute Gasteiger partial charge is 0.461 e. The van der Waals surface area contributed by atoms with Crippen molar-refractivity contribution in [1.29, 1.82) is 0 Å². The van der Waals surface area contributed by atoms with Crippen molar-refractivity contribution in [3.8, 4) is 0 Å². The maximum Gasteiger partial charge on any atom is 0.309 e. The topological polar surface area (TPSA) is 26.3 Å². The van der Waals surface area contributed by atoms with E-state index in [9.17, 15) is 4.79 Å². The molecule has 3 atom stereocenters. The van der Waals surface area contributed by atoms with E-state index < -0.39 is 0 Å². The SMILES string of the molecule is C[C@]1(Br)CC[C@H]2C[C@@H]1OC2=O. The Labute approximate surface area is 74.4 Å². The van der Waals surface area contributed by atoms with Gasteiger partial charge in [0.15, 0.2) is 0 Å². The van der Waals surface area contributed by atoms with Gasteiger partial charge in [-0.2, -0.15) is 0 Å². The van der Waals surface area contributed by atoms with Crippen LogP contribution in [0.1, 0.15) is 26.2 Å². The van der Waals surface area contributed by atoms with Crippen LogP contribution in [0.5, 0.6) is 0 Å². The molecule has 11 heavy (non-hydrogen) atoms. The third kappa shape index (κ3) is 1.10. The highest BCUT2D eigenvalue weighted by atomic mass is 79.9. The minimum Gasteiger partial charge on any atom is -0.461 e. The normalized spacial score (nSPS) is 49.1. The predicted molar refractivity (Wildman–Crippen MR) is 44.6 cm³/mol. The first-order valence-electron chi connectivity index (χ1n) is 3.99. The zero-order chi connectivity index (χ0) is 8.06. The molecular formula is C8H11BrO2. The number of hydrogen-bond donors (Lipinski definition) is 0. The number of ether oxygens (including phenoxy) is 1. The molecule has 0 aromatic heterocycles. The van der Waals surface area contributed by atoms with Crippen LogP contribution in [0.15, 0.2) is 0 Å². The molecule has 1 aliphatic carbocycles. The van der Waals surface area contributed by atoms with Crippen molar-refractivity contribution >= 4 is 21.9 Å². The van der Waals surface area contributed by atoms with Gasteiger partial charge in [0.1, 0.15) is 6.10 Å². The van der Waals surface area contributed by atoms with Crippen molar-refractivity contribution in [2.45, 2.75) is 36.6 Å². The minimum atomic E-state index is 0.0122. The smallest absolute Gasteiger partial charge is 0.309 e. The van der Waals surface area contributed by atoms with Crippen LogP contribution < -0.4 is 0 Å². The van der Waals surface area contributed by atoms with Crippen molar-refractivity contribution < 1.29 is 9.53 Å². The van der Waals surface area contributed by atoms with Crippen LogP contribution in [0.3, 0.4) is 0 Å². The molecule has 0 amide bonds. The second-order valence-corrected chi connectivity index (χ2v) is 5.49. The Morgan fingerprint density at radius 2 is 2.45 bits per heavy atom. The summed E-state index contributed by atoms with van der Waals surface area (Å²) < 4.78 is 5.25. The van der Waals surface area contributed by atoms with Crippen LogP contribution in [-0.4, -0.2) is 16.4 Å². The van der Waals surface area contributed by atoms with Crippen LogP contribution >= 0.6 is 15.9 Å². The van der Waals surface area contributed by atoms with Gasteiger partial charge in [-0.25, -0.2) is 0 Å². The Kier molecular flexibility index (Phi) is 1.53. The third-order valence-corrected chi connectivity index (χ3v) is 3.65. The number of rotatable bonds is 0. The van der Waals surface area contributed by atoms with Crippen LogP contribution in [0.2, 0.25) is 0 Å². The van der Waals surface area contributed by atoms with Crippen molar-refractivity contribution in [2.75, 3.05) is 0 Å². The van der Waals surface area contributed by atoms with E-state index in [0.29, 0.717) is 0 Å². The van der Waals surface area contributed by atoms with Crippen LogP contribution in [-0.2, 0) is 9.53 Å². The van der Waals surface area contributed by atoms with Crippen LogP contribution in [0, 0.1) is 5.92 Å². The summed E-state index contributed by atoms with van der Waals surface area (Å²) in [6.45, 7) is 2.10. The van der Waals surface area contributed by atoms with E-state index in [-0.39, 0.29) is 22.3 Å². The maximum atomic E-state index is 11.1. The zero-order valence-electron chi connectivity index (χ0n) is 6.47.